The van der Waals surface area contributed by atoms with Crippen LogP contribution in [0.4, 0.5) is 10.5 Å². The minimum Gasteiger partial charge on any atom is -0.490 e. The van der Waals surface area contributed by atoms with Gasteiger partial charge in [0.15, 0.2) is 0 Å². The first-order valence-corrected chi connectivity index (χ1v) is 9.18. The van der Waals surface area contributed by atoms with Crippen molar-refractivity contribution in [2.75, 3.05) is 38.1 Å². The number of hydrogen-bond donors (Lipinski definition) is 1. The topological polar surface area (TPSA) is 79.7 Å². The van der Waals surface area contributed by atoms with Crippen LogP contribution in [0.15, 0.2) is 43.0 Å². The summed E-state index contributed by atoms with van der Waals surface area (Å²) in [7, 11) is 0. The summed E-state index contributed by atoms with van der Waals surface area (Å²) in [6.07, 6.45) is 6.09. The van der Waals surface area contributed by atoms with Crippen LogP contribution in [0.2, 0.25) is 0 Å². The smallest absolute Gasteiger partial charge is 0.322 e. The van der Waals surface area contributed by atoms with Crippen LogP contribution in [-0.2, 0) is 11.3 Å². The number of carbonyl (C=O) groups excluding carboxylic acids is 2. The number of nitrogens with zero attached hydrogens (tertiary/aromatic N) is 4. The van der Waals surface area contributed by atoms with Gasteiger partial charge in [-0.15, -0.1) is 0 Å². The van der Waals surface area contributed by atoms with Crippen LogP contribution in [0, 0.1) is 0 Å². The molecule has 1 aromatic carbocycles. The molecule has 0 radical (unpaired) electrons. The molecule has 0 aliphatic carbocycles. The number of amides is 3. The van der Waals surface area contributed by atoms with Gasteiger partial charge in [0.05, 0.1) is 18.6 Å². The number of rotatable bonds is 6. The van der Waals surface area contributed by atoms with Crippen LogP contribution in [0.1, 0.15) is 13.3 Å². The van der Waals surface area contributed by atoms with Crippen molar-refractivity contribution in [3.05, 3.63) is 43.0 Å². The van der Waals surface area contributed by atoms with Gasteiger partial charge in [-0.25, -0.2) is 9.78 Å². The number of nitrogens with one attached hydrogen (secondary N) is 1. The summed E-state index contributed by atoms with van der Waals surface area (Å²) in [4.78, 5) is 32.2. The second-order valence-electron chi connectivity index (χ2n) is 6.32. The fourth-order valence-corrected chi connectivity index (χ4v) is 3.00. The molecule has 0 unspecified atom stereocenters. The Morgan fingerprint density at radius 3 is 2.93 bits per heavy atom. The van der Waals surface area contributed by atoms with E-state index in [-0.39, 0.29) is 18.5 Å². The van der Waals surface area contributed by atoms with Gasteiger partial charge < -0.3 is 24.4 Å². The number of para-hydroxylation sites is 2. The van der Waals surface area contributed by atoms with Crippen molar-refractivity contribution < 1.29 is 14.3 Å². The Morgan fingerprint density at radius 2 is 2.15 bits per heavy atom. The number of aromatic nitrogens is 2. The van der Waals surface area contributed by atoms with Crippen molar-refractivity contribution in [1.82, 2.24) is 19.4 Å². The molecule has 0 atom stereocenters. The van der Waals surface area contributed by atoms with E-state index in [1.807, 2.05) is 35.9 Å². The average Bonchev–Trinajstić information content (AvgIpc) is 3.11. The van der Waals surface area contributed by atoms with E-state index in [0.717, 1.165) is 6.42 Å². The molecule has 1 aromatic heterocycles. The van der Waals surface area contributed by atoms with Crippen LogP contribution >= 0.6 is 0 Å². The molecule has 0 bridgehead atoms. The van der Waals surface area contributed by atoms with Gasteiger partial charge in [0, 0.05) is 32.0 Å². The molecule has 1 aliphatic rings. The van der Waals surface area contributed by atoms with Gasteiger partial charge in [-0.05, 0) is 25.5 Å². The van der Waals surface area contributed by atoms with Gasteiger partial charge in [-0.2, -0.15) is 0 Å². The Kier molecular flexibility index (Phi) is 6.30. The Balaban J connectivity index is 1.59. The predicted molar refractivity (Wildman–Crippen MR) is 102 cm³/mol. The number of imidazole rings is 1. The third kappa shape index (κ3) is 4.99. The Morgan fingerprint density at radius 1 is 1.30 bits per heavy atom. The fraction of sp³-hybridized carbons (Fsp3) is 0.421. The van der Waals surface area contributed by atoms with Gasteiger partial charge in [0.25, 0.3) is 0 Å². The lowest BCUT2D eigenvalue weighted by Crippen LogP contribution is -2.41. The van der Waals surface area contributed by atoms with Crippen molar-refractivity contribution in [3.8, 4) is 5.75 Å². The molecule has 1 saturated heterocycles. The van der Waals surface area contributed by atoms with E-state index in [0.29, 0.717) is 44.2 Å². The summed E-state index contributed by atoms with van der Waals surface area (Å²) in [5.74, 6) is 0.581. The van der Waals surface area contributed by atoms with Crippen LogP contribution in [-0.4, -0.2) is 64.1 Å². The van der Waals surface area contributed by atoms with E-state index in [4.69, 9.17) is 4.74 Å². The lowest BCUT2D eigenvalue weighted by Gasteiger charge is -2.22. The molecule has 144 valence electrons. The van der Waals surface area contributed by atoms with Gasteiger partial charge in [0.2, 0.25) is 5.91 Å². The third-order valence-electron chi connectivity index (χ3n) is 4.50. The zero-order valence-electron chi connectivity index (χ0n) is 15.5. The van der Waals surface area contributed by atoms with E-state index in [9.17, 15) is 9.59 Å². The number of anilines is 1. The Bertz CT molecular complexity index is 762. The standard InChI is InChI=1S/C19H25N5O3/c1-2-23-9-5-10-24(14-18(23)25)19(26)21-16-6-3-4-7-17(16)27-13-12-22-11-8-20-15-22/h3-4,6-8,11,15H,2,5,9-10,12-14H2,1H3,(H,21,26). The molecule has 8 nitrogen and oxygen atoms in total. The summed E-state index contributed by atoms with van der Waals surface area (Å²) >= 11 is 0. The first-order valence-electron chi connectivity index (χ1n) is 9.18. The van der Waals surface area contributed by atoms with E-state index in [1.54, 1.807) is 28.4 Å². The number of benzene rings is 1. The number of urea groups is 1. The first kappa shape index (κ1) is 18.8. The summed E-state index contributed by atoms with van der Waals surface area (Å²) < 4.78 is 7.74. The highest BCUT2D eigenvalue weighted by atomic mass is 16.5. The quantitative estimate of drug-likeness (QED) is 0.843. The van der Waals surface area contributed by atoms with Crippen molar-refractivity contribution in [1.29, 1.82) is 0 Å². The van der Waals surface area contributed by atoms with Gasteiger partial charge >= 0.3 is 6.03 Å². The lowest BCUT2D eigenvalue weighted by atomic mass is 10.3. The number of ether oxygens (including phenoxy) is 1. The highest BCUT2D eigenvalue weighted by molar-refractivity contribution is 5.93. The highest BCUT2D eigenvalue weighted by Crippen LogP contribution is 2.24. The molecule has 0 saturated carbocycles. The van der Waals surface area contributed by atoms with Crippen molar-refractivity contribution in [2.24, 2.45) is 0 Å². The summed E-state index contributed by atoms with van der Waals surface area (Å²) in [6, 6.07) is 7.02. The van der Waals surface area contributed by atoms with Crippen molar-refractivity contribution in [3.63, 3.8) is 0 Å². The monoisotopic (exact) mass is 371 g/mol. The highest BCUT2D eigenvalue weighted by Gasteiger charge is 2.24. The molecule has 3 rings (SSSR count). The van der Waals surface area contributed by atoms with Crippen LogP contribution in [0.25, 0.3) is 0 Å². The second-order valence-corrected chi connectivity index (χ2v) is 6.32. The summed E-state index contributed by atoms with van der Waals surface area (Å²) in [5, 5.41) is 2.88. The summed E-state index contributed by atoms with van der Waals surface area (Å²) in [6.45, 7) is 5.08. The molecule has 2 heterocycles. The maximum absolute atomic E-state index is 12.6. The van der Waals surface area contributed by atoms with E-state index in [1.165, 1.54) is 0 Å². The lowest BCUT2D eigenvalue weighted by molar-refractivity contribution is -0.130. The maximum Gasteiger partial charge on any atom is 0.322 e. The third-order valence-corrected chi connectivity index (χ3v) is 4.50. The van der Waals surface area contributed by atoms with Gasteiger partial charge in [0.1, 0.15) is 18.9 Å². The SMILES string of the molecule is CCN1CCCN(C(=O)Nc2ccccc2OCCn2ccnc2)CC1=O. The van der Waals surface area contributed by atoms with Crippen molar-refractivity contribution in [2.45, 2.75) is 19.9 Å². The van der Waals surface area contributed by atoms with E-state index < -0.39 is 0 Å². The fourth-order valence-electron chi connectivity index (χ4n) is 3.00. The minimum atomic E-state index is -0.285. The van der Waals surface area contributed by atoms with E-state index in [2.05, 4.69) is 10.3 Å². The molecule has 3 amide bonds. The molecule has 2 aromatic rings. The largest absolute Gasteiger partial charge is 0.490 e. The second kappa shape index (κ2) is 9.07. The Hall–Kier alpha value is -3.03. The number of likely N-dealkylation sites (N-methyl/N-ethyl adjacent to an activating group) is 1. The van der Waals surface area contributed by atoms with Gasteiger partial charge in [-0.1, -0.05) is 12.1 Å². The molecular formula is C19H25N5O3. The van der Waals surface area contributed by atoms with E-state index >= 15 is 0 Å². The average molecular weight is 371 g/mol. The zero-order valence-corrected chi connectivity index (χ0v) is 15.5. The molecule has 1 aliphatic heterocycles. The van der Waals surface area contributed by atoms with Gasteiger partial charge in [-0.3, -0.25) is 4.79 Å². The van der Waals surface area contributed by atoms with Crippen LogP contribution in [0.3, 0.4) is 0 Å². The first-order chi connectivity index (χ1) is 13.2. The number of hydrogen-bond acceptors (Lipinski definition) is 4. The number of carbonyl (C=O) groups is 2. The van der Waals surface area contributed by atoms with Crippen LogP contribution in [0.5, 0.6) is 5.75 Å². The molecule has 8 heteroatoms. The maximum atomic E-state index is 12.6. The molecule has 1 fully saturated rings. The molecular weight excluding hydrogens is 346 g/mol. The molecule has 27 heavy (non-hydrogen) atoms. The normalized spacial score (nSPS) is 14.8. The molecule has 0 spiro atoms. The minimum absolute atomic E-state index is 0.0185. The summed E-state index contributed by atoms with van der Waals surface area (Å²) in [5.41, 5.74) is 0.595. The Labute approximate surface area is 158 Å². The van der Waals surface area contributed by atoms with Crippen LogP contribution < -0.4 is 10.1 Å². The van der Waals surface area contributed by atoms with Crippen molar-refractivity contribution >= 4 is 17.6 Å². The zero-order chi connectivity index (χ0) is 19.1. The predicted octanol–water partition coefficient (Wildman–Crippen LogP) is 2.05. The molecule has 1 N–H and O–H groups in total.